The lowest BCUT2D eigenvalue weighted by Crippen LogP contribution is -2.09. The summed E-state index contributed by atoms with van der Waals surface area (Å²) in [5.74, 6) is -0.182. The topological polar surface area (TPSA) is 39.2 Å². The Balaban J connectivity index is 1.97. The zero-order valence-corrected chi connectivity index (χ0v) is 15.4. The summed E-state index contributed by atoms with van der Waals surface area (Å²) in [6.07, 6.45) is 3.73. The van der Waals surface area contributed by atoms with Crippen molar-refractivity contribution in [2.45, 2.75) is 33.3 Å². The van der Waals surface area contributed by atoms with Gasteiger partial charge >= 0.3 is 5.97 Å². The Morgan fingerprint density at radius 3 is 2.38 bits per heavy atom. The zero-order chi connectivity index (χ0) is 18.5. The summed E-state index contributed by atoms with van der Waals surface area (Å²) in [6, 6.07) is 18.6. The Labute approximate surface area is 154 Å². The van der Waals surface area contributed by atoms with Crippen LogP contribution in [0.3, 0.4) is 0 Å². The number of rotatable bonds is 5. The lowest BCUT2D eigenvalue weighted by Gasteiger charge is -2.20. The first-order chi connectivity index (χ1) is 12.6. The molecule has 0 N–H and O–H groups in total. The van der Waals surface area contributed by atoms with Gasteiger partial charge in [0.15, 0.2) is 0 Å². The summed E-state index contributed by atoms with van der Waals surface area (Å²) in [5.41, 5.74) is 6.60. The highest BCUT2D eigenvalue weighted by Crippen LogP contribution is 2.33. The number of hydrogen-bond acceptors (Lipinski definition) is 3. The summed E-state index contributed by atoms with van der Waals surface area (Å²) >= 11 is 0. The van der Waals surface area contributed by atoms with Gasteiger partial charge < -0.3 is 4.74 Å². The van der Waals surface area contributed by atoms with E-state index < -0.39 is 0 Å². The molecular formula is C23H23NO2. The van der Waals surface area contributed by atoms with Crippen LogP contribution in [0.4, 0.5) is 0 Å². The van der Waals surface area contributed by atoms with Gasteiger partial charge in [0, 0.05) is 24.4 Å². The van der Waals surface area contributed by atoms with Gasteiger partial charge in [0.2, 0.25) is 0 Å². The standard InChI is InChI=1S/C23H23NO2/c1-4-22(25)26-17(3)23-16(2)7-5-9-21(23)19-12-10-18(11-13-19)20-8-6-14-24-15-20/h5-15,17H,4H2,1-3H3. The number of aryl methyl sites for hydroxylation is 1. The van der Waals surface area contributed by atoms with Crippen LogP contribution in [0.15, 0.2) is 67.0 Å². The minimum atomic E-state index is -0.281. The van der Waals surface area contributed by atoms with Crippen molar-refractivity contribution in [1.29, 1.82) is 0 Å². The molecule has 2 aromatic carbocycles. The van der Waals surface area contributed by atoms with Crippen LogP contribution in [0.1, 0.15) is 37.5 Å². The molecule has 0 bridgehead atoms. The maximum atomic E-state index is 11.7. The van der Waals surface area contributed by atoms with Crippen molar-refractivity contribution in [3.63, 3.8) is 0 Å². The minimum Gasteiger partial charge on any atom is -0.458 e. The number of carbonyl (C=O) groups excluding carboxylic acids is 1. The molecule has 0 aliphatic carbocycles. The number of hydrogen-bond donors (Lipinski definition) is 0. The van der Waals surface area contributed by atoms with Crippen LogP contribution in [-0.2, 0) is 9.53 Å². The molecule has 0 aliphatic heterocycles. The van der Waals surface area contributed by atoms with Gasteiger partial charge in [0.1, 0.15) is 6.10 Å². The molecule has 0 saturated heterocycles. The third-order valence-electron chi connectivity index (χ3n) is 4.52. The van der Waals surface area contributed by atoms with Crippen LogP contribution in [-0.4, -0.2) is 11.0 Å². The number of esters is 1. The first-order valence-corrected chi connectivity index (χ1v) is 8.90. The highest BCUT2D eigenvalue weighted by Gasteiger charge is 2.17. The van der Waals surface area contributed by atoms with Gasteiger partial charge in [-0.3, -0.25) is 9.78 Å². The normalized spacial score (nSPS) is 11.8. The minimum absolute atomic E-state index is 0.182. The van der Waals surface area contributed by atoms with Crippen molar-refractivity contribution in [2.24, 2.45) is 0 Å². The Morgan fingerprint density at radius 1 is 1.00 bits per heavy atom. The van der Waals surface area contributed by atoms with E-state index in [0.717, 1.165) is 33.4 Å². The van der Waals surface area contributed by atoms with E-state index in [-0.39, 0.29) is 12.1 Å². The Hall–Kier alpha value is -2.94. The Bertz CT molecular complexity index is 886. The molecule has 26 heavy (non-hydrogen) atoms. The number of ether oxygens (including phenoxy) is 1. The van der Waals surface area contributed by atoms with Crippen molar-refractivity contribution in [1.82, 2.24) is 4.98 Å². The molecular weight excluding hydrogens is 322 g/mol. The third kappa shape index (κ3) is 3.83. The van der Waals surface area contributed by atoms with E-state index in [1.54, 1.807) is 6.20 Å². The van der Waals surface area contributed by atoms with E-state index in [9.17, 15) is 4.79 Å². The highest BCUT2D eigenvalue weighted by molar-refractivity contribution is 5.74. The number of pyridine rings is 1. The second-order valence-corrected chi connectivity index (χ2v) is 6.34. The molecule has 3 heteroatoms. The average molecular weight is 345 g/mol. The predicted octanol–water partition coefficient (Wildman–Crippen LogP) is 5.74. The molecule has 3 nitrogen and oxygen atoms in total. The molecule has 3 aromatic rings. The quantitative estimate of drug-likeness (QED) is 0.554. The second kappa shape index (κ2) is 7.96. The molecule has 0 amide bonds. The molecule has 1 atom stereocenters. The smallest absolute Gasteiger partial charge is 0.306 e. The average Bonchev–Trinajstić information content (AvgIpc) is 2.68. The van der Waals surface area contributed by atoms with E-state index in [1.165, 1.54) is 0 Å². The lowest BCUT2D eigenvalue weighted by molar-refractivity contribution is -0.148. The van der Waals surface area contributed by atoms with E-state index >= 15 is 0 Å². The van der Waals surface area contributed by atoms with Crippen LogP contribution in [0.25, 0.3) is 22.3 Å². The van der Waals surface area contributed by atoms with Gasteiger partial charge in [-0.05, 0) is 47.7 Å². The largest absolute Gasteiger partial charge is 0.458 e. The number of carbonyl (C=O) groups is 1. The van der Waals surface area contributed by atoms with Crippen LogP contribution in [0.2, 0.25) is 0 Å². The fourth-order valence-electron chi connectivity index (χ4n) is 3.19. The lowest BCUT2D eigenvalue weighted by atomic mass is 9.92. The zero-order valence-electron chi connectivity index (χ0n) is 15.4. The van der Waals surface area contributed by atoms with Gasteiger partial charge in [-0.25, -0.2) is 0 Å². The van der Waals surface area contributed by atoms with Gasteiger partial charge in [-0.1, -0.05) is 55.5 Å². The molecule has 0 fully saturated rings. The van der Waals surface area contributed by atoms with Gasteiger partial charge in [-0.15, -0.1) is 0 Å². The molecule has 0 spiro atoms. The van der Waals surface area contributed by atoms with Gasteiger partial charge in [0.05, 0.1) is 0 Å². The first-order valence-electron chi connectivity index (χ1n) is 8.90. The first kappa shape index (κ1) is 17.9. The third-order valence-corrected chi connectivity index (χ3v) is 4.52. The second-order valence-electron chi connectivity index (χ2n) is 6.34. The van der Waals surface area contributed by atoms with Crippen LogP contribution in [0, 0.1) is 6.92 Å². The number of aromatic nitrogens is 1. The van der Waals surface area contributed by atoms with E-state index in [0.29, 0.717) is 6.42 Å². The fraction of sp³-hybridized carbons (Fsp3) is 0.217. The number of nitrogens with zero attached hydrogens (tertiary/aromatic N) is 1. The monoisotopic (exact) mass is 345 g/mol. The Morgan fingerprint density at radius 2 is 1.73 bits per heavy atom. The van der Waals surface area contributed by atoms with Crippen LogP contribution < -0.4 is 0 Å². The van der Waals surface area contributed by atoms with E-state index in [1.807, 2.05) is 38.2 Å². The molecule has 1 aromatic heterocycles. The van der Waals surface area contributed by atoms with E-state index in [2.05, 4.69) is 48.3 Å². The molecule has 0 saturated carbocycles. The summed E-state index contributed by atoms with van der Waals surface area (Å²) in [5, 5.41) is 0. The van der Waals surface area contributed by atoms with Crippen molar-refractivity contribution in [3.05, 3.63) is 78.1 Å². The molecule has 0 aliphatic rings. The summed E-state index contributed by atoms with van der Waals surface area (Å²) in [4.78, 5) is 15.9. The van der Waals surface area contributed by atoms with Crippen LogP contribution >= 0.6 is 0 Å². The van der Waals surface area contributed by atoms with Crippen molar-refractivity contribution in [2.75, 3.05) is 0 Å². The van der Waals surface area contributed by atoms with Crippen LogP contribution in [0.5, 0.6) is 0 Å². The highest BCUT2D eigenvalue weighted by atomic mass is 16.5. The van der Waals surface area contributed by atoms with Gasteiger partial charge in [0.25, 0.3) is 0 Å². The molecule has 132 valence electrons. The van der Waals surface area contributed by atoms with Crippen molar-refractivity contribution >= 4 is 5.97 Å². The summed E-state index contributed by atoms with van der Waals surface area (Å²) in [6.45, 7) is 5.80. The van der Waals surface area contributed by atoms with E-state index in [4.69, 9.17) is 4.74 Å². The predicted molar refractivity (Wildman–Crippen MR) is 105 cm³/mol. The molecule has 1 heterocycles. The molecule has 0 radical (unpaired) electrons. The molecule has 1 unspecified atom stereocenters. The number of benzene rings is 2. The maximum Gasteiger partial charge on any atom is 0.306 e. The van der Waals surface area contributed by atoms with Gasteiger partial charge in [-0.2, -0.15) is 0 Å². The molecule has 3 rings (SSSR count). The van der Waals surface area contributed by atoms with Crippen molar-refractivity contribution in [3.8, 4) is 22.3 Å². The Kier molecular flexibility index (Phi) is 5.47. The fourth-order valence-corrected chi connectivity index (χ4v) is 3.19. The van der Waals surface area contributed by atoms with Crippen molar-refractivity contribution < 1.29 is 9.53 Å². The maximum absolute atomic E-state index is 11.7. The summed E-state index contributed by atoms with van der Waals surface area (Å²) < 4.78 is 5.57. The summed E-state index contributed by atoms with van der Waals surface area (Å²) in [7, 11) is 0. The SMILES string of the molecule is CCC(=O)OC(C)c1c(C)cccc1-c1ccc(-c2cccnc2)cc1.